The average Bonchev–Trinajstić information content (AvgIpc) is 3.76. The summed E-state index contributed by atoms with van der Waals surface area (Å²) in [4.78, 5) is 33.1. The summed E-state index contributed by atoms with van der Waals surface area (Å²) in [6.07, 6.45) is 3.72. The van der Waals surface area contributed by atoms with Crippen molar-refractivity contribution in [3.63, 3.8) is 0 Å². The van der Waals surface area contributed by atoms with Gasteiger partial charge in [-0.25, -0.2) is 9.59 Å². The van der Waals surface area contributed by atoms with Crippen molar-refractivity contribution < 1.29 is 143 Å². The van der Waals surface area contributed by atoms with E-state index in [1.807, 2.05) is 97.1 Å². The number of hydrogen-bond donors (Lipinski definition) is 5. The van der Waals surface area contributed by atoms with Crippen LogP contribution in [0.3, 0.4) is 0 Å². The molecular weight excluding hydrogens is 886 g/mol. The molecule has 0 spiro atoms. The Labute approximate surface area is 456 Å². The van der Waals surface area contributed by atoms with Crippen LogP contribution in [0, 0.1) is 0 Å². The van der Waals surface area contributed by atoms with Crippen molar-refractivity contribution in [2.45, 2.75) is 31.8 Å². The van der Waals surface area contributed by atoms with Crippen LogP contribution >= 0.6 is 23.2 Å². The number of hydrogen-bond acceptors (Lipinski definition) is 8. The Morgan fingerprint density at radius 3 is 1.65 bits per heavy atom. The molecule has 6 aromatic carbocycles. The number of phenols is 1. The molecule has 1 fully saturated rings. The molecule has 0 saturated carbocycles. The van der Waals surface area contributed by atoms with Gasteiger partial charge < -0.3 is 48.3 Å². The number of urea groups is 2. The molecule has 1 aliphatic rings. The number of ether oxygens (including phenoxy) is 2. The van der Waals surface area contributed by atoms with Crippen LogP contribution < -0.4 is 135 Å². The maximum Gasteiger partial charge on any atom is 1.00 e. The second kappa shape index (κ2) is 27.8. The predicted molar refractivity (Wildman–Crippen MR) is 233 cm³/mol. The van der Waals surface area contributed by atoms with Gasteiger partial charge in [0.2, 0.25) is 0 Å². The molecule has 1 atom stereocenters. The van der Waals surface area contributed by atoms with Gasteiger partial charge in [-0.3, -0.25) is 4.79 Å². The number of halogens is 2. The molecule has 0 aromatic heterocycles. The van der Waals surface area contributed by atoms with Gasteiger partial charge in [-0.15, -0.1) is 0 Å². The van der Waals surface area contributed by atoms with Crippen molar-refractivity contribution in [3.8, 4) is 33.8 Å². The first-order valence-electron chi connectivity index (χ1n) is 18.7. The largest absolute Gasteiger partial charge is 1.00 e. The molecular formula is C46H44Cl2K2N4O8. The topological polar surface area (TPSA) is 198 Å². The fraction of sp³-hybridized carbons (Fsp3) is 0.152. The molecule has 1 aliphatic heterocycles. The van der Waals surface area contributed by atoms with Gasteiger partial charge in [-0.2, -0.15) is 0 Å². The minimum atomic E-state index is -0.586. The fourth-order valence-corrected chi connectivity index (χ4v) is 6.78. The summed E-state index contributed by atoms with van der Waals surface area (Å²) < 4.78 is 11.8. The molecule has 0 aliphatic carbocycles. The van der Waals surface area contributed by atoms with Crippen molar-refractivity contribution in [3.05, 3.63) is 166 Å². The SMILES string of the molecule is NC(=O)Nc1ccc(Cc2ccc(O)c(-c3cccc(Cl)c3)c2)cc1.NC(=O)Nc1ccc(Cc2ccc(OCC3CCCO3)c(-c3cccc(Cl)c3)c2)cc1.O=CO[O-].[H-].[K+].[K+]. The third-order valence-corrected chi connectivity index (χ3v) is 9.59. The molecule has 1 saturated heterocycles. The first-order chi connectivity index (χ1) is 29.0. The first kappa shape index (κ1) is 53.0. The van der Waals surface area contributed by atoms with Gasteiger partial charge in [-0.05, 0) is 132 Å². The Balaban J connectivity index is 0.000000389. The first-order valence-corrected chi connectivity index (χ1v) is 19.5. The van der Waals surface area contributed by atoms with Crippen LogP contribution in [0.25, 0.3) is 22.3 Å². The van der Waals surface area contributed by atoms with Gasteiger partial charge in [-0.1, -0.05) is 83.9 Å². The molecule has 1 heterocycles. The van der Waals surface area contributed by atoms with Crippen molar-refractivity contribution in [2.75, 3.05) is 23.8 Å². The number of rotatable bonds is 12. The zero-order valence-electron chi connectivity index (χ0n) is 35.3. The molecule has 16 heteroatoms. The zero-order valence-corrected chi connectivity index (χ0v) is 42.1. The molecule has 312 valence electrons. The van der Waals surface area contributed by atoms with E-state index in [9.17, 15) is 14.7 Å². The van der Waals surface area contributed by atoms with E-state index in [0.29, 0.717) is 34.4 Å². The quantitative estimate of drug-likeness (QED) is 0.0535. The van der Waals surface area contributed by atoms with E-state index in [2.05, 4.69) is 27.7 Å². The Morgan fingerprint density at radius 2 is 1.19 bits per heavy atom. The number of primary amides is 2. The average molecular weight is 930 g/mol. The van der Waals surface area contributed by atoms with E-state index in [1.165, 1.54) is 0 Å². The second-order valence-corrected chi connectivity index (χ2v) is 14.4. The third-order valence-electron chi connectivity index (χ3n) is 9.12. The van der Waals surface area contributed by atoms with E-state index in [1.54, 1.807) is 24.3 Å². The molecule has 1 unspecified atom stereocenters. The maximum absolute atomic E-state index is 11.0. The number of nitrogens with one attached hydrogen (secondary N) is 2. The number of anilines is 2. The van der Waals surface area contributed by atoms with E-state index in [-0.39, 0.29) is 123 Å². The van der Waals surface area contributed by atoms with Crippen LogP contribution in [-0.4, -0.2) is 43.0 Å². The minimum Gasteiger partial charge on any atom is -1.00 e. The standard InChI is InChI=1S/C25H25ClN2O3.C20H17ClN2O2.CH2O3.2K.H/c26-20-4-1-3-19(15-20)23-14-18(8-11-24(23)31-16-22-5-2-12-30-22)13-17-6-9-21(10-7-17)28-25(27)29;21-16-3-1-2-15(12-16)18-11-14(6-9-19(18)24)10-13-4-7-17(8-5-13)23-20(22)25;2-1-4-3;;;/h1,3-4,6-11,14-15,22H,2,5,12-13,16H2,(H3,27,28,29);1-9,11-12,24H,10H2,(H3,22,23,25);1,3H;;;/q;;;2*+1;-1/p-1. The number of nitrogens with two attached hydrogens (primary N) is 2. The van der Waals surface area contributed by atoms with Crippen LogP contribution in [0.2, 0.25) is 10.0 Å². The molecule has 0 bridgehead atoms. The molecule has 7 N–H and O–H groups in total. The van der Waals surface area contributed by atoms with Crippen molar-refractivity contribution in [1.29, 1.82) is 0 Å². The third kappa shape index (κ3) is 17.7. The van der Waals surface area contributed by atoms with Gasteiger partial charge in [0.05, 0.1) is 6.10 Å². The predicted octanol–water partition coefficient (Wildman–Crippen LogP) is 3.00. The van der Waals surface area contributed by atoms with Crippen LogP contribution in [-0.2, 0) is 27.3 Å². The number of benzene rings is 6. The summed E-state index contributed by atoms with van der Waals surface area (Å²) in [6.45, 7) is 1.17. The molecule has 4 amide bonds. The van der Waals surface area contributed by atoms with E-state index >= 15 is 0 Å². The van der Waals surface area contributed by atoms with E-state index in [4.69, 9.17) is 54.2 Å². The molecule has 0 radical (unpaired) electrons. The molecule has 12 nitrogen and oxygen atoms in total. The number of amides is 4. The van der Waals surface area contributed by atoms with Gasteiger partial charge in [0, 0.05) is 39.2 Å². The Bertz CT molecular complexity index is 2380. The summed E-state index contributed by atoms with van der Waals surface area (Å²) in [6, 6.07) is 40.9. The number of carbonyl (C=O) groups excluding carboxylic acids is 3. The smallest absolute Gasteiger partial charge is 1.00 e. The molecule has 62 heavy (non-hydrogen) atoms. The Kier molecular flexibility index (Phi) is 23.8. The second-order valence-electron chi connectivity index (χ2n) is 13.6. The van der Waals surface area contributed by atoms with Gasteiger partial charge in [0.15, 0.2) is 0 Å². The summed E-state index contributed by atoms with van der Waals surface area (Å²) in [7, 11) is 0. The van der Waals surface area contributed by atoms with Gasteiger partial charge in [0.25, 0.3) is 6.47 Å². The molecule has 7 rings (SSSR count). The monoisotopic (exact) mass is 928 g/mol. The Hall–Kier alpha value is -3.30. The normalized spacial score (nSPS) is 12.3. The van der Waals surface area contributed by atoms with Crippen molar-refractivity contribution in [1.82, 2.24) is 0 Å². The minimum absolute atomic E-state index is 0. The maximum atomic E-state index is 11.0. The fourth-order valence-electron chi connectivity index (χ4n) is 6.40. The summed E-state index contributed by atoms with van der Waals surface area (Å²) in [5.41, 5.74) is 19.6. The van der Waals surface area contributed by atoms with Crippen molar-refractivity contribution in [2.24, 2.45) is 11.5 Å². The van der Waals surface area contributed by atoms with Crippen LogP contribution in [0.1, 0.15) is 36.5 Å². The van der Waals surface area contributed by atoms with Crippen LogP contribution in [0.4, 0.5) is 21.0 Å². The summed E-state index contributed by atoms with van der Waals surface area (Å²) in [5, 5.41) is 25.0. The van der Waals surface area contributed by atoms with E-state index in [0.717, 1.165) is 76.1 Å². The van der Waals surface area contributed by atoms with E-state index < -0.39 is 12.1 Å². The zero-order chi connectivity index (χ0) is 42.9. The summed E-state index contributed by atoms with van der Waals surface area (Å²) in [5.74, 6) is 1.04. The summed E-state index contributed by atoms with van der Waals surface area (Å²) >= 11 is 12.3. The Morgan fingerprint density at radius 1 is 0.726 bits per heavy atom. The number of phenolic OH excluding ortho intramolecular Hbond substituents is 1. The van der Waals surface area contributed by atoms with Gasteiger partial charge >= 0.3 is 115 Å². The molecule has 6 aromatic rings. The van der Waals surface area contributed by atoms with Crippen LogP contribution in [0.5, 0.6) is 11.5 Å². The number of carbonyl (C=O) groups is 3. The number of aromatic hydroxyl groups is 1. The van der Waals surface area contributed by atoms with Crippen LogP contribution in [0.15, 0.2) is 133 Å². The van der Waals surface area contributed by atoms with Crippen molar-refractivity contribution >= 4 is 53.1 Å². The van der Waals surface area contributed by atoms with Gasteiger partial charge in [0.1, 0.15) is 18.1 Å².